The topological polar surface area (TPSA) is 42.2 Å². The van der Waals surface area contributed by atoms with E-state index in [-0.39, 0.29) is 11.0 Å². The Kier molecular flexibility index (Phi) is 3.36. The fourth-order valence-electron chi connectivity index (χ4n) is 1.28. The summed E-state index contributed by atoms with van der Waals surface area (Å²) in [5.41, 5.74) is 0. The molecular formula is C11H10FNO2S. The van der Waals surface area contributed by atoms with Gasteiger partial charge in [-0.2, -0.15) is 4.39 Å². The Hall–Kier alpha value is -1.62. The summed E-state index contributed by atoms with van der Waals surface area (Å²) in [5.74, 6) is 0.568. The molecule has 0 aliphatic rings. The van der Waals surface area contributed by atoms with Crippen LogP contribution >= 0.6 is 11.3 Å². The van der Waals surface area contributed by atoms with E-state index in [0.29, 0.717) is 17.8 Å². The number of hydrogen-bond donors (Lipinski definition) is 1. The van der Waals surface area contributed by atoms with Gasteiger partial charge in [0.15, 0.2) is 5.13 Å². The Balaban J connectivity index is 1.80. The molecule has 2 aromatic rings. The molecule has 0 atom stereocenters. The SMILES string of the molecule is O=C(NCCc1ccco1)c1ccc(F)s1. The number of nitrogens with one attached hydrogen (secondary N) is 1. The van der Waals surface area contributed by atoms with Crippen LogP contribution in [0.4, 0.5) is 4.39 Å². The third-order valence-corrected chi connectivity index (χ3v) is 2.91. The van der Waals surface area contributed by atoms with E-state index in [2.05, 4.69) is 5.32 Å². The highest BCUT2D eigenvalue weighted by molar-refractivity contribution is 7.12. The number of halogens is 1. The summed E-state index contributed by atoms with van der Waals surface area (Å²) in [6.45, 7) is 0.478. The minimum Gasteiger partial charge on any atom is -0.469 e. The van der Waals surface area contributed by atoms with Crippen LogP contribution in [0.15, 0.2) is 34.9 Å². The largest absolute Gasteiger partial charge is 0.469 e. The van der Waals surface area contributed by atoms with Gasteiger partial charge in [0, 0.05) is 13.0 Å². The molecule has 1 N–H and O–H groups in total. The summed E-state index contributed by atoms with van der Waals surface area (Å²) in [6.07, 6.45) is 2.22. The zero-order chi connectivity index (χ0) is 11.4. The number of rotatable bonds is 4. The molecule has 0 saturated carbocycles. The van der Waals surface area contributed by atoms with Gasteiger partial charge in [-0.25, -0.2) is 0 Å². The minimum atomic E-state index is -0.351. The fraction of sp³-hybridized carbons (Fsp3) is 0.182. The summed E-state index contributed by atoms with van der Waals surface area (Å²) in [4.78, 5) is 11.9. The number of carbonyl (C=O) groups is 1. The van der Waals surface area contributed by atoms with Gasteiger partial charge in [0.1, 0.15) is 5.76 Å². The molecule has 0 saturated heterocycles. The molecule has 16 heavy (non-hydrogen) atoms. The predicted octanol–water partition coefficient (Wildman–Crippen LogP) is 2.45. The molecular weight excluding hydrogens is 229 g/mol. The Morgan fingerprint density at radius 3 is 2.94 bits per heavy atom. The molecule has 0 aliphatic heterocycles. The molecule has 0 radical (unpaired) electrons. The fourth-order valence-corrected chi connectivity index (χ4v) is 1.92. The zero-order valence-electron chi connectivity index (χ0n) is 8.40. The monoisotopic (exact) mass is 239 g/mol. The third-order valence-electron chi connectivity index (χ3n) is 2.03. The van der Waals surface area contributed by atoms with Crippen LogP contribution < -0.4 is 5.32 Å². The first-order valence-corrected chi connectivity index (χ1v) is 5.63. The summed E-state index contributed by atoms with van der Waals surface area (Å²) in [5, 5.41) is 2.34. The lowest BCUT2D eigenvalue weighted by molar-refractivity contribution is 0.0957. The van der Waals surface area contributed by atoms with Crippen molar-refractivity contribution in [1.82, 2.24) is 5.32 Å². The summed E-state index contributed by atoms with van der Waals surface area (Å²) >= 11 is 0.842. The van der Waals surface area contributed by atoms with Crippen LogP contribution in [0.25, 0.3) is 0 Å². The number of hydrogen-bond acceptors (Lipinski definition) is 3. The van der Waals surface area contributed by atoms with Crippen LogP contribution in [-0.2, 0) is 6.42 Å². The first-order valence-electron chi connectivity index (χ1n) is 4.81. The standard InChI is InChI=1S/C11H10FNO2S/c12-10-4-3-9(16-10)11(14)13-6-5-8-2-1-7-15-8/h1-4,7H,5-6H2,(H,13,14). The van der Waals surface area contributed by atoms with Gasteiger partial charge >= 0.3 is 0 Å². The Bertz CT molecular complexity index is 464. The Morgan fingerprint density at radius 2 is 2.31 bits per heavy atom. The van der Waals surface area contributed by atoms with Crippen LogP contribution in [0.3, 0.4) is 0 Å². The Labute approximate surface area is 95.9 Å². The maximum atomic E-state index is 12.7. The second kappa shape index (κ2) is 4.94. The smallest absolute Gasteiger partial charge is 0.261 e. The van der Waals surface area contributed by atoms with E-state index in [1.807, 2.05) is 6.07 Å². The highest BCUT2D eigenvalue weighted by Crippen LogP contribution is 2.13. The number of carbonyl (C=O) groups excluding carboxylic acids is 1. The zero-order valence-corrected chi connectivity index (χ0v) is 9.22. The van der Waals surface area contributed by atoms with Crippen molar-refractivity contribution in [2.75, 3.05) is 6.54 Å². The van der Waals surface area contributed by atoms with Crippen molar-refractivity contribution in [2.24, 2.45) is 0 Å². The molecule has 0 aromatic carbocycles. The van der Waals surface area contributed by atoms with Gasteiger partial charge < -0.3 is 9.73 Å². The molecule has 5 heteroatoms. The molecule has 0 aliphatic carbocycles. The van der Waals surface area contributed by atoms with E-state index in [4.69, 9.17) is 4.42 Å². The van der Waals surface area contributed by atoms with Gasteiger partial charge in [0.2, 0.25) is 0 Å². The summed E-state index contributed by atoms with van der Waals surface area (Å²) in [6, 6.07) is 6.40. The molecule has 0 unspecified atom stereocenters. The highest BCUT2D eigenvalue weighted by atomic mass is 32.1. The molecule has 0 fully saturated rings. The molecule has 2 heterocycles. The summed E-state index contributed by atoms with van der Waals surface area (Å²) < 4.78 is 17.8. The van der Waals surface area contributed by atoms with Gasteiger partial charge in [-0.3, -0.25) is 4.79 Å². The predicted molar refractivity (Wildman–Crippen MR) is 59.0 cm³/mol. The van der Waals surface area contributed by atoms with Crippen molar-refractivity contribution in [3.8, 4) is 0 Å². The maximum absolute atomic E-state index is 12.7. The van der Waals surface area contributed by atoms with E-state index in [9.17, 15) is 9.18 Å². The Morgan fingerprint density at radius 1 is 1.44 bits per heavy atom. The lowest BCUT2D eigenvalue weighted by Gasteiger charge is -2.01. The normalized spacial score (nSPS) is 10.3. The van der Waals surface area contributed by atoms with Gasteiger partial charge in [-0.05, 0) is 24.3 Å². The van der Waals surface area contributed by atoms with Crippen LogP contribution in [0.1, 0.15) is 15.4 Å². The van der Waals surface area contributed by atoms with E-state index in [0.717, 1.165) is 17.1 Å². The second-order valence-corrected chi connectivity index (χ2v) is 4.22. The van der Waals surface area contributed by atoms with Gasteiger partial charge in [-0.15, -0.1) is 11.3 Å². The van der Waals surface area contributed by atoms with Gasteiger partial charge in [0.05, 0.1) is 11.1 Å². The first-order chi connectivity index (χ1) is 7.75. The van der Waals surface area contributed by atoms with Crippen molar-refractivity contribution < 1.29 is 13.6 Å². The summed E-state index contributed by atoms with van der Waals surface area (Å²) in [7, 11) is 0. The average Bonchev–Trinajstić information content (AvgIpc) is 2.89. The van der Waals surface area contributed by atoms with Crippen LogP contribution in [0.5, 0.6) is 0 Å². The van der Waals surface area contributed by atoms with Crippen molar-refractivity contribution >= 4 is 17.2 Å². The maximum Gasteiger partial charge on any atom is 0.261 e. The van der Waals surface area contributed by atoms with Crippen molar-refractivity contribution in [2.45, 2.75) is 6.42 Å². The van der Waals surface area contributed by atoms with Crippen molar-refractivity contribution in [1.29, 1.82) is 0 Å². The molecule has 84 valence electrons. The van der Waals surface area contributed by atoms with E-state index < -0.39 is 0 Å². The average molecular weight is 239 g/mol. The van der Waals surface area contributed by atoms with Gasteiger partial charge in [0.25, 0.3) is 5.91 Å². The molecule has 2 aromatic heterocycles. The van der Waals surface area contributed by atoms with E-state index in [1.54, 1.807) is 12.3 Å². The van der Waals surface area contributed by atoms with E-state index >= 15 is 0 Å². The molecule has 0 bridgehead atoms. The quantitative estimate of drug-likeness (QED) is 0.890. The first kappa shape index (κ1) is 10.9. The van der Waals surface area contributed by atoms with Crippen molar-refractivity contribution in [3.63, 3.8) is 0 Å². The van der Waals surface area contributed by atoms with Crippen LogP contribution in [-0.4, -0.2) is 12.5 Å². The van der Waals surface area contributed by atoms with Crippen LogP contribution in [0, 0.1) is 5.13 Å². The highest BCUT2D eigenvalue weighted by Gasteiger charge is 2.08. The number of thiophene rings is 1. The minimum absolute atomic E-state index is 0.250. The number of furan rings is 1. The third kappa shape index (κ3) is 2.70. The second-order valence-electron chi connectivity index (χ2n) is 3.19. The van der Waals surface area contributed by atoms with Crippen LogP contribution in [0.2, 0.25) is 0 Å². The van der Waals surface area contributed by atoms with E-state index in [1.165, 1.54) is 12.1 Å². The van der Waals surface area contributed by atoms with Crippen molar-refractivity contribution in [3.05, 3.63) is 46.3 Å². The number of amides is 1. The molecule has 0 spiro atoms. The lowest BCUT2D eigenvalue weighted by Crippen LogP contribution is -2.24. The van der Waals surface area contributed by atoms with Gasteiger partial charge in [-0.1, -0.05) is 0 Å². The molecule has 3 nitrogen and oxygen atoms in total. The molecule has 2 rings (SSSR count). The lowest BCUT2D eigenvalue weighted by atomic mass is 10.3. The molecule has 1 amide bonds.